The lowest BCUT2D eigenvalue weighted by Crippen LogP contribution is -2.31. The van der Waals surface area contributed by atoms with E-state index in [2.05, 4.69) is 29.6 Å². The lowest BCUT2D eigenvalue weighted by Gasteiger charge is -2.20. The minimum absolute atomic E-state index is 0.0141. The number of hydrogen-bond donors (Lipinski definition) is 1. The third-order valence-corrected chi connectivity index (χ3v) is 3.35. The Kier molecular flexibility index (Phi) is 2.92. The first-order chi connectivity index (χ1) is 9.24. The average Bonchev–Trinajstić information content (AvgIpc) is 2.43. The van der Waals surface area contributed by atoms with Crippen molar-refractivity contribution in [2.45, 2.75) is 6.92 Å². The maximum atomic E-state index is 11.9. The lowest BCUT2D eigenvalue weighted by atomic mass is 9.92. The summed E-state index contributed by atoms with van der Waals surface area (Å²) >= 11 is 0. The van der Waals surface area contributed by atoms with Crippen molar-refractivity contribution in [2.24, 2.45) is 0 Å². The summed E-state index contributed by atoms with van der Waals surface area (Å²) in [5, 5.41) is 2.92. The molecule has 1 amide bonds. The van der Waals surface area contributed by atoms with Crippen molar-refractivity contribution in [1.82, 2.24) is 5.32 Å². The van der Waals surface area contributed by atoms with Crippen LogP contribution in [0.25, 0.3) is 11.6 Å². The Morgan fingerprint density at radius 3 is 2.63 bits per heavy atom. The zero-order chi connectivity index (χ0) is 13.2. The van der Waals surface area contributed by atoms with E-state index >= 15 is 0 Å². The third-order valence-electron chi connectivity index (χ3n) is 3.35. The molecule has 0 bridgehead atoms. The highest BCUT2D eigenvalue weighted by atomic mass is 16.1. The monoisotopic (exact) mass is 249 g/mol. The fourth-order valence-electron chi connectivity index (χ4n) is 2.37. The van der Waals surface area contributed by atoms with Gasteiger partial charge in [0.1, 0.15) is 0 Å². The molecular formula is C17H15NO. The minimum Gasteiger partial charge on any atom is -0.348 e. The van der Waals surface area contributed by atoms with E-state index in [0.29, 0.717) is 6.54 Å². The van der Waals surface area contributed by atoms with E-state index in [1.54, 1.807) is 0 Å². The largest absolute Gasteiger partial charge is 0.348 e. The molecule has 2 heteroatoms. The summed E-state index contributed by atoms with van der Waals surface area (Å²) in [6, 6.07) is 16.1. The summed E-state index contributed by atoms with van der Waals surface area (Å²) < 4.78 is 0. The molecule has 1 heterocycles. The summed E-state index contributed by atoms with van der Waals surface area (Å²) in [6.45, 7) is 2.64. The van der Waals surface area contributed by atoms with Crippen LogP contribution in [-0.4, -0.2) is 12.5 Å². The van der Waals surface area contributed by atoms with Crippen molar-refractivity contribution >= 4 is 17.6 Å². The van der Waals surface area contributed by atoms with E-state index in [1.807, 2.05) is 37.3 Å². The van der Waals surface area contributed by atoms with Gasteiger partial charge in [-0.05, 0) is 35.8 Å². The average molecular weight is 249 g/mol. The fourth-order valence-corrected chi connectivity index (χ4v) is 2.37. The van der Waals surface area contributed by atoms with Crippen molar-refractivity contribution in [1.29, 1.82) is 0 Å². The first kappa shape index (κ1) is 11.7. The van der Waals surface area contributed by atoms with Gasteiger partial charge >= 0.3 is 0 Å². The number of nitrogens with one attached hydrogen (secondary N) is 1. The quantitative estimate of drug-likeness (QED) is 0.825. The van der Waals surface area contributed by atoms with Gasteiger partial charge in [-0.2, -0.15) is 0 Å². The Morgan fingerprint density at radius 2 is 1.84 bits per heavy atom. The number of rotatable bonds is 1. The molecule has 0 atom stereocenters. The second-order valence-corrected chi connectivity index (χ2v) is 4.81. The van der Waals surface area contributed by atoms with Gasteiger partial charge in [-0.25, -0.2) is 0 Å². The maximum Gasteiger partial charge on any atom is 0.252 e. The Bertz CT molecular complexity index is 656. The number of benzene rings is 2. The number of carbonyl (C=O) groups excluding carboxylic acids is 1. The van der Waals surface area contributed by atoms with E-state index in [4.69, 9.17) is 0 Å². The molecule has 19 heavy (non-hydrogen) atoms. The van der Waals surface area contributed by atoms with Gasteiger partial charge in [-0.15, -0.1) is 0 Å². The molecule has 0 fully saturated rings. The van der Waals surface area contributed by atoms with Gasteiger partial charge in [0.05, 0.1) is 0 Å². The zero-order valence-electron chi connectivity index (χ0n) is 10.8. The van der Waals surface area contributed by atoms with Gasteiger partial charge in [0.15, 0.2) is 0 Å². The molecular weight excluding hydrogens is 234 g/mol. The predicted octanol–water partition coefficient (Wildman–Crippen LogP) is 3.28. The van der Waals surface area contributed by atoms with Crippen LogP contribution in [0.15, 0.2) is 48.5 Å². The van der Waals surface area contributed by atoms with E-state index in [-0.39, 0.29) is 5.91 Å². The van der Waals surface area contributed by atoms with Crippen molar-refractivity contribution in [3.63, 3.8) is 0 Å². The van der Waals surface area contributed by atoms with Crippen LogP contribution < -0.4 is 5.32 Å². The van der Waals surface area contributed by atoms with E-state index in [0.717, 1.165) is 22.3 Å². The molecule has 0 spiro atoms. The molecule has 2 aromatic rings. The summed E-state index contributed by atoms with van der Waals surface area (Å²) in [5.74, 6) is 0.0141. The number of carbonyl (C=O) groups is 1. The molecule has 94 valence electrons. The topological polar surface area (TPSA) is 29.1 Å². The van der Waals surface area contributed by atoms with E-state index < -0.39 is 0 Å². The molecule has 0 aliphatic carbocycles. The van der Waals surface area contributed by atoms with Gasteiger partial charge in [0, 0.05) is 12.1 Å². The van der Waals surface area contributed by atoms with Gasteiger partial charge in [0.2, 0.25) is 0 Å². The van der Waals surface area contributed by atoms with Crippen LogP contribution in [0.5, 0.6) is 0 Å². The number of fused-ring (bicyclic) bond motifs is 1. The van der Waals surface area contributed by atoms with Crippen LogP contribution in [0.3, 0.4) is 0 Å². The minimum atomic E-state index is 0.0141. The molecule has 0 unspecified atom stereocenters. The molecule has 0 radical (unpaired) electrons. The normalized spacial score (nSPS) is 16.1. The Morgan fingerprint density at radius 1 is 1.05 bits per heavy atom. The van der Waals surface area contributed by atoms with Crippen LogP contribution >= 0.6 is 0 Å². The molecule has 0 aromatic heterocycles. The second-order valence-electron chi connectivity index (χ2n) is 4.81. The Labute approximate surface area is 112 Å². The first-order valence-corrected chi connectivity index (χ1v) is 6.39. The molecule has 3 rings (SSSR count). The van der Waals surface area contributed by atoms with Crippen molar-refractivity contribution in [2.75, 3.05) is 6.54 Å². The summed E-state index contributed by atoms with van der Waals surface area (Å²) in [5.41, 5.74) is 5.30. The summed E-state index contributed by atoms with van der Waals surface area (Å²) in [6.07, 6.45) is 2.14. The van der Waals surface area contributed by atoms with Gasteiger partial charge in [-0.3, -0.25) is 4.79 Å². The Balaban J connectivity index is 2.11. The standard InChI is InChI=1S/C17H15NO/c1-12-7-8-15-16(9-12)14(11-18-17(15)19)10-13-5-3-2-4-6-13/h2-10H,11H2,1H3,(H,18,19)/b14-10+. The number of aryl methyl sites for hydroxylation is 1. The third kappa shape index (κ3) is 2.29. The number of amides is 1. The van der Waals surface area contributed by atoms with Crippen LogP contribution in [0.2, 0.25) is 0 Å². The highest BCUT2D eigenvalue weighted by Gasteiger charge is 2.19. The molecule has 0 saturated carbocycles. The fraction of sp³-hybridized carbons (Fsp3) is 0.118. The highest BCUT2D eigenvalue weighted by molar-refractivity contribution is 6.05. The molecule has 1 aliphatic rings. The van der Waals surface area contributed by atoms with Crippen LogP contribution in [0, 0.1) is 6.92 Å². The van der Waals surface area contributed by atoms with Gasteiger partial charge in [0.25, 0.3) is 5.91 Å². The molecule has 2 nitrogen and oxygen atoms in total. The van der Waals surface area contributed by atoms with Crippen molar-refractivity contribution in [3.8, 4) is 0 Å². The summed E-state index contributed by atoms with van der Waals surface area (Å²) in [4.78, 5) is 11.9. The molecule has 1 aliphatic heterocycles. The predicted molar refractivity (Wildman–Crippen MR) is 77.8 cm³/mol. The maximum absolute atomic E-state index is 11.9. The lowest BCUT2D eigenvalue weighted by molar-refractivity contribution is 0.0955. The van der Waals surface area contributed by atoms with E-state index in [1.165, 1.54) is 5.56 Å². The Hall–Kier alpha value is -2.35. The molecule has 1 N–H and O–H groups in total. The zero-order valence-corrected chi connectivity index (χ0v) is 10.8. The van der Waals surface area contributed by atoms with E-state index in [9.17, 15) is 4.79 Å². The second kappa shape index (κ2) is 4.73. The number of hydrogen-bond acceptors (Lipinski definition) is 1. The smallest absolute Gasteiger partial charge is 0.252 e. The van der Waals surface area contributed by atoms with Crippen molar-refractivity contribution < 1.29 is 4.79 Å². The SMILES string of the molecule is Cc1ccc2c(c1)/C(=C/c1ccccc1)CNC2=O. The molecule has 0 saturated heterocycles. The van der Waals surface area contributed by atoms with Crippen molar-refractivity contribution in [3.05, 3.63) is 70.8 Å². The first-order valence-electron chi connectivity index (χ1n) is 6.39. The van der Waals surface area contributed by atoms with Crippen LogP contribution in [0.4, 0.5) is 0 Å². The van der Waals surface area contributed by atoms with Gasteiger partial charge in [-0.1, -0.05) is 48.0 Å². The summed E-state index contributed by atoms with van der Waals surface area (Å²) in [7, 11) is 0. The molecule has 2 aromatic carbocycles. The van der Waals surface area contributed by atoms with Crippen LogP contribution in [0.1, 0.15) is 27.0 Å². The van der Waals surface area contributed by atoms with Gasteiger partial charge < -0.3 is 5.32 Å². The highest BCUT2D eigenvalue weighted by Crippen LogP contribution is 2.26. The van der Waals surface area contributed by atoms with Crippen LogP contribution in [-0.2, 0) is 0 Å².